The highest BCUT2D eigenvalue weighted by Gasteiger charge is 2.26. The summed E-state index contributed by atoms with van der Waals surface area (Å²) in [6.45, 7) is 5.76. The Morgan fingerprint density at radius 3 is 2.64 bits per heavy atom. The second-order valence-electron chi connectivity index (χ2n) is 6.36. The maximum Gasteiger partial charge on any atom is 0.335 e. The first-order valence-corrected chi connectivity index (χ1v) is 9.49. The molecule has 0 heterocycles. The van der Waals surface area contributed by atoms with E-state index in [4.69, 9.17) is 4.74 Å². The molecule has 0 aromatic heterocycles. The molecule has 1 amide bonds. The summed E-state index contributed by atoms with van der Waals surface area (Å²) in [5.41, 5.74) is 2.78. The third-order valence-electron chi connectivity index (χ3n) is 3.77. The van der Waals surface area contributed by atoms with Gasteiger partial charge < -0.3 is 14.8 Å². The number of benzene rings is 1. The topological polar surface area (TPSA) is 67.4 Å². The lowest BCUT2D eigenvalue weighted by Gasteiger charge is -2.23. The van der Waals surface area contributed by atoms with E-state index in [9.17, 15) is 9.59 Å². The molecule has 136 valence electrons. The molecule has 2 rings (SSSR count). The number of rotatable bonds is 7. The van der Waals surface area contributed by atoms with Gasteiger partial charge in [-0.25, -0.2) is 4.79 Å². The summed E-state index contributed by atoms with van der Waals surface area (Å²) in [4.78, 5) is 23.2. The predicted molar refractivity (Wildman–Crippen MR) is 102 cm³/mol. The van der Waals surface area contributed by atoms with Crippen molar-refractivity contribution in [3.63, 3.8) is 0 Å². The van der Waals surface area contributed by atoms with Crippen molar-refractivity contribution >= 4 is 29.5 Å². The van der Waals surface area contributed by atoms with Gasteiger partial charge in [0.15, 0.2) is 0 Å². The third kappa shape index (κ3) is 6.46. The van der Waals surface area contributed by atoms with Gasteiger partial charge in [0, 0.05) is 24.7 Å². The first-order valence-electron chi connectivity index (χ1n) is 8.61. The van der Waals surface area contributed by atoms with Crippen LogP contribution in [0, 0.1) is 0 Å². The molecule has 0 aliphatic heterocycles. The first kappa shape index (κ1) is 19.4. The van der Waals surface area contributed by atoms with E-state index in [0.717, 1.165) is 36.1 Å². The van der Waals surface area contributed by atoms with Crippen LogP contribution in [0.3, 0.4) is 0 Å². The normalized spacial score (nSPS) is 17.0. The van der Waals surface area contributed by atoms with Gasteiger partial charge in [-0.05, 0) is 62.8 Å². The van der Waals surface area contributed by atoms with Gasteiger partial charge in [0.1, 0.15) is 0 Å². The summed E-state index contributed by atoms with van der Waals surface area (Å²) in [6.07, 6.45) is 4.86. The Balaban J connectivity index is 1.90. The fourth-order valence-electron chi connectivity index (χ4n) is 2.52. The van der Waals surface area contributed by atoms with E-state index >= 15 is 0 Å². The SMILES string of the molecule is CC(=O)NCc1ccc(NSC2CCCC=C2C(=O)OC(C)C)cc1. The Kier molecular flexibility index (Phi) is 7.37. The average Bonchev–Trinajstić information content (AvgIpc) is 2.58. The van der Waals surface area contributed by atoms with E-state index in [-0.39, 0.29) is 23.2 Å². The summed E-state index contributed by atoms with van der Waals surface area (Å²) < 4.78 is 8.68. The molecule has 1 aliphatic carbocycles. The molecule has 2 N–H and O–H groups in total. The number of allylic oxidation sites excluding steroid dienone is 1. The number of anilines is 1. The van der Waals surface area contributed by atoms with E-state index in [1.54, 1.807) is 11.9 Å². The van der Waals surface area contributed by atoms with Crippen molar-refractivity contribution in [2.75, 3.05) is 4.72 Å². The Morgan fingerprint density at radius 2 is 2.00 bits per heavy atom. The van der Waals surface area contributed by atoms with Gasteiger partial charge in [0.25, 0.3) is 0 Å². The minimum absolute atomic E-state index is 0.0392. The molecule has 0 bridgehead atoms. The Labute approximate surface area is 153 Å². The monoisotopic (exact) mass is 362 g/mol. The molecule has 0 radical (unpaired) electrons. The number of carbonyl (C=O) groups is 2. The van der Waals surface area contributed by atoms with Gasteiger partial charge in [0.05, 0.1) is 11.4 Å². The van der Waals surface area contributed by atoms with Crippen LogP contribution in [0.1, 0.15) is 45.6 Å². The molecule has 1 aromatic carbocycles. The van der Waals surface area contributed by atoms with Gasteiger partial charge in [-0.3, -0.25) is 4.79 Å². The first-order chi connectivity index (χ1) is 12.0. The fraction of sp³-hybridized carbons (Fsp3) is 0.474. The summed E-state index contributed by atoms with van der Waals surface area (Å²) in [6, 6.07) is 7.90. The summed E-state index contributed by atoms with van der Waals surface area (Å²) >= 11 is 1.55. The average molecular weight is 362 g/mol. The van der Waals surface area contributed by atoms with E-state index < -0.39 is 0 Å². The van der Waals surface area contributed by atoms with Gasteiger partial charge in [0.2, 0.25) is 5.91 Å². The summed E-state index contributed by atoms with van der Waals surface area (Å²) in [5.74, 6) is -0.248. The largest absolute Gasteiger partial charge is 0.460 e. The molecule has 25 heavy (non-hydrogen) atoms. The molecule has 1 unspecified atom stereocenters. The van der Waals surface area contributed by atoms with Gasteiger partial charge in [-0.1, -0.05) is 18.2 Å². The Morgan fingerprint density at radius 1 is 1.28 bits per heavy atom. The van der Waals surface area contributed by atoms with Crippen molar-refractivity contribution < 1.29 is 14.3 Å². The van der Waals surface area contributed by atoms with Crippen molar-refractivity contribution in [1.29, 1.82) is 0 Å². The molecule has 6 heteroatoms. The number of carbonyl (C=O) groups excluding carboxylic acids is 2. The quantitative estimate of drug-likeness (QED) is 0.570. The molecule has 1 aromatic rings. The zero-order valence-electron chi connectivity index (χ0n) is 15.0. The van der Waals surface area contributed by atoms with E-state index in [1.807, 2.05) is 44.2 Å². The van der Waals surface area contributed by atoms with Crippen LogP contribution in [-0.2, 0) is 20.9 Å². The molecular formula is C19H26N2O3S. The molecule has 0 saturated carbocycles. The molecule has 1 atom stereocenters. The van der Waals surface area contributed by atoms with Crippen molar-refractivity contribution in [1.82, 2.24) is 5.32 Å². The highest BCUT2D eigenvalue weighted by molar-refractivity contribution is 8.01. The van der Waals surface area contributed by atoms with Crippen LogP contribution in [0.4, 0.5) is 5.69 Å². The van der Waals surface area contributed by atoms with Crippen LogP contribution in [0.25, 0.3) is 0 Å². The van der Waals surface area contributed by atoms with Gasteiger partial charge in [-0.15, -0.1) is 0 Å². The standard InChI is InChI=1S/C19H26N2O3S/c1-13(2)24-19(23)17-6-4-5-7-18(17)25-21-16-10-8-15(9-11-16)12-20-14(3)22/h6,8-11,13,18,21H,4-5,7,12H2,1-3H3,(H,20,22). The lowest BCUT2D eigenvalue weighted by molar-refractivity contribution is -0.142. The van der Waals surface area contributed by atoms with Crippen molar-refractivity contribution in [3.05, 3.63) is 41.5 Å². The zero-order valence-corrected chi connectivity index (χ0v) is 15.8. The highest BCUT2D eigenvalue weighted by atomic mass is 32.2. The lowest BCUT2D eigenvalue weighted by atomic mass is 9.99. The molecule has 0 spiro atoms. The van der Waals surface area contributed by atoms with Crippen molar-refractivity contribution in [2.24, 2.45) is 0 Å². The highest BCUT2D eigenvalue weighted by Crippen LogP contribution is 2.31. The van der Waals surface area contributed by atoms with Crippen LogP contribution < -0.4 is 10.0 Å². The zero-order chi connectivity index (χ0) is 18.2. The van der Waals surface area contributed by atoms with Gasteiger partial charge >= 0.3 is 5.97 Å². The maximum absolute atomic E-state index is 12.2. The van der Waals surface area contributed by atoms with Crippen LogP contribution >= 0.6 is 11.9 Å². The van der Waals surface area contributed by atoms with Crippen molar-refractivity contribution in [2.45, 2.75) is 57.9 Å². The van der Waals surface area contributed by atoms with Crippen LogP contribution in [0.15, 0.2) is 35.9 Å². The second-order valence-corrected chi connectivity index (χ2v) is 7.37. The molecule has 5 nitrogen and oxygen atoms in total. The third-order valence-corrected chi connectivity index (χ3v) is 4.90. The van der Waals surface area contributed by atoms with E-state index in [2.05, 4.69) is 10.0 Å². The number of ether oxygens (including phenoxy) is 1. The number of esters is 1. The lowest BCUT2D eigenvalue weighted by Crippen LogP contribution is -2.23. The molecule has 0 fully saturated rings. The number of nitrogens with one attached hydrogen (secondary N) is 2. The number of hydrogen-bond donors (Lipinski definition) is 2. The van der Waals surface area contributed by atoms with Crippen LogP contribution in [0.2, 0.25) is 0 Å². The van der Waals surface area contributed by atoms with Gasteiger partial charge in [-0.2, -0.15) is 0 Å². The van der Waals surface area contributed by atoms with E-state index in [0.29, 0.717) is 6.54 Å². The Bertz CT molecular complexity index is 626. The molecule has 1 aliphatic rings. The fourth-order valence-corrected chi connectivity index (χ4v) is 3.54. The predicted octanol–water partition coefficient (Wildman–Crippen LogP) is 3.81. The second kappa shape index (κ2) is 9.51. The van der Waals surface area contributed by atoms with E-state index in [1.165, 1.54) is 6.92 Å². The minimum Gasteiger partial charge on any atom is -0.460 e. The number of hydrogen-bond acceptors (Lipinski definition) is 5. The van der Waals surface area contributed by atoms with Crippen LogP contribution in [-0.4, -0.2) is 23.2 Å². The number of amides is 1. The maximum atomic E-state index is 12.2. The minimum atomic E-state index is -0.209. The summed E-state index contributed by atoms with van der Waals surface area (Å²) in [7, 11) is 0. The Hall–Kier alpha value is -1.95. The van der Waals surface area contributed by atoms with Crippen molar-refractivity contribution in [3.8, 4) is 0 Å². The van der Waals surface area contributed by atoms with Crippen LogP contribution in [0.5, 0.6) is 0 Å². The smallest absolute Gasteiger partial charge is 0.335 e. The molecule has 0 saturated heterocycles. The molecular weight excluding hydrogens is 336 g/mol. The summed E-state index contributed by atoms with van der Waals surface area (Å²) in [5, 5.41) is 2.87.